The molecule has 0 heterocycles. The summed E-state index contributed by atoms with van der Waals surface area (Å²) in [6, 6.07) is 92.7. The number of aliphatic hydroxyl groups excluding tert-OH is 4. The Labute approximate surface area is 510 Å². The Morgan fingerprint density at radius 1 is 0.193 bits per heavy atom. The SMILES string of the molecule is OCCOc1ccc2cc(-c3ccc4ccccc4c3)ccc2c1-c1c(OCCO)ccc2cc(-c3ccc4ccccc4c3)ccc12.OCCOc1ccc2cc(-c3ccccc3)ccc2c1-c1c(OCCO)ccc2cc(-c3ccccc3)ccc12. The summed E-state index contributed by atoms with van der Waals surface area (Å²) in [7, 11) is 0. The lowest BCUT2D eigenvalue weighted by atomic mass is 9.89. The van der Waals surface area contributed by atoms with Crippen molar-refractivity contribution in [1.29, 1.82) is 0 Å². The molecule has 432 valence electrons. The third-order valence-corrected chi connectivity index (χ3v) is 16.2. The first-order valence-electron chi connectivity index (χ1n) is 29.8. The maximum absolute atomic E-state index is 9.71. The zero-order chi connectivity index (χ0) is 59.8. The molecule has 14 aromatic rings. The lowest BCUT2D eigenvalue weighted by molar-refractivity contribution is 0.200. The summed E-state index contributed by atoms with van der Waals surface area (Å²) in [5.41, 5.74) is 12.7. The van der Waals surface area contributed by atoms with Crippen molar-refractivity contribution in [2.24, 2.45) is 0 Å². The van der Waals surface area contributed by atoms with Gasteiger partial charge in [0.15, 0.2) is 0 Å². The van der Waals surface area contributed by atoms with Crippen LogP contribution in [0.25, 0.3) is 131 Å². The van der Waals surface area contributed by atoms with Gasteiger partial charge < -0.3 is 39.4 Å². The van der Waals surface area contributed by atoms with E-state index in [1.807, 2.05) is 60.7 Å². The predicted molar refractivity (Wildman–Crippen MR) is 361 cm³/mol. The van der Waals surface area contributed by atoms with Gasteiger partial charge in [0, 0.05) is 22.3 Å². The fourth-order valence-electron chi connectivity index (χ4n) is 12.1. The number of ether oxygens (including phenoxy) is 4. The molecule has 8 heteroatoms. The average Bonchev–Trinajstić information content (AvgIpc) is 0.865. The van der Waals surface area contributed by atoms with Crippen molar-refractivity contribution >= 4 is 64.6 Å². The molecule has 0 amide bonds. The highest BCUT2D eigenvalue weighted by atomic mass is 16.5. The van der Waals surface area contributed by atoms with Crippen LogP contribution in [0.3, 0.4) is 0 Å². The summed E-state index contributed by atoms with van der Waals surface area (Å²) in [5.74, 6) is 2.66. The van der Waals surface area contributed by atoms with Crippen molar-refractivity contribution < 1.29 is 39.4 Å². The van der Waals surface area contributed by atoms with Crippen LogP contribution in [-0.2, 0) is 0 Å². The topological polar surface area (TPSA) is 118 Å². The molecule has 0 aliphatic carbocycles. The normalized spacial score (nSPS) is 11.3. The van der Waals surface area contributed by atoms with Gasteiger partial charge in [-0.3, -0.25) is 0 Å². The molecule has 14 rings (SSSR count). The van der Waals surface area contributed by atoms with Crippen molar-refractivity contribution in [2.75, 3.05) is 52.9 Å². The van der Waals surface area contributed by atoms with Gasteiger partial charge in [0.25, 0.3) is 0 Å². The highest BCUT2D eigenvalue weighted by Crippen LogP contribution is 2.49. The Bertz CT molecular complexity index is 4500. The van der Waals surface area contributed by atoms with Crippen LogP contribution in [0.15, 0.2) is 267 Å². The molecule has 0 saturated carbocycles. The molecule has 0 aliphatic heterocycles. The second-order valence-corrected chi connectivity index (χ2v) is 21.6. The van der Waals surface area contributed by atoms with Crippen molar-refractivity contribution in [3.63, 3.8) is 0 Å². The van der Waals surface area contributed by atoms with Crippen molar-refractivity contribution in [1.82, 2.24) is 0 Å². The van der Waals surface area contributed by atoms with Gasteiger partial charge >= 0.3 is 0 Å². The molecule has 0 unspecified atom stereocenters. The van der Waals surface area contributed by atoms with Gasteiger partial charge in [-0.15, -0.1) is 0 Å². The van der Waals surface area contributed by atoms with E-state index in [9.17, 15) is 20.4 Å². The van der Waals surface area contributed by atoms with Crippen molar-refractivity contribution in [2.45, 2.75) is 0 Å². The van der Waals surface area contributed by atoms with Crippen molar-refractivity contribution in [3.8, 4) is 89.8 Å². The summed E-state index contributed by atoms with van der Waals surface area (Å²) in [6.07, 6.45) is 0. The third kappa shape index (κ3) is 11.7. The van der Waals surface area contributed by atoms with Crippen LogP contribution < -0.4 is 18.9 Å². The Hall–Kier alpha value is -10.3. The van der Waals surface area contributed by atoms with Crippen LogP contribution in [0.2, 0.25) is 0 Å². The van der Waals surface area contributed by atoms with Gasteiger partial charge in [0.1, 0.15) is 49.4 Å². The molecular formula is C80H64O8. The van der Waals surface area contributed by atoms with Gasteiger partial charge in [0.05, 0.1) is 26.4 Å². The molecule has 0 saturated heterocycles. The molecule has 0 aliphatic rings. The van der Waals surface area contributed by atoms with E-state index in [1.54, 1.807) is 0 Å². The van der Waals surface area contributed by atoms with Crippen LogP contribution in [0.5, 0.6) is 23.0 Å². The average molecular weight is 1150 g/mol. The number of aliphatic hydroxyl groups is 4. The van der Waals surface area contributed by atoms with E-state index in [0.717, 1.165) is 110 Å². The zero-order valence-electron chi connectivity index (χ0n) is 48.5. The quantitative estimate of drug-likeness (QED) is 0.0671. The third-order valence-electron chi connectivity index (χ3n) is 16.2. The fourth-order valence-corrected chi connectivity index (χ4v) is 12.1. The number of rotatable bonds is 18. The van der Waals surface area contributed by atoms with E-state index in [4.69, 9.17) is 18.9 Å². The van der Waals surface area contributed by atoms with Crippen molar-refractivity contribution in [3.05, 3.63) is 267 Å². The summed E-state index contributed by atoms with van der Waals surface area (Å²) in [5, 5.41) is 51.7. The monoisotopic (exact) mass is 1150 g/mol. The standard InChI is InChI=1S/C44H34O4.C36H30O4/c45-21-23-47-41-19-15-37-27-35(33-11-9-29-5-1-3-7-31(29)25-33)13-17-39(37)43(41)44-40-18-14-36(28-38(40)16-20-42(44)48-24-22-46)34-12-10-30-6-2-4-8-32(30)26-34;37-19-21-39-33-17-13-29-23-27(25-7-3-1-4-8-25)11-15-31(29)35(33)36-32-16-12-28(26-9-5-2-6-10-26)24-30(32)14-18-34(36)40-22-20-38/h1-20,25-28,45-46H,21-24H2;1-18,23-24,37-38H,19-22H2. The van der Waals surface area contributed by atoms with Gasteiger partial charge in [0.2, 0.25) is 0 Å². The molecule has 0 radical (unpaired) electrons. The zero-order valence-corrected chi connectivity index (χ0v) is 48.5. The first-order chi connectivity index (χ1) is 43.5. The summed E-state index contributed by atoms with van der Waals surface area (Å²) in [4.78, 5) is 0. The van der Waals surface area contributed by atoms with Gasteiger partial charge in [-0.05, 0) is 170 Å². The highest BCUT2D eigenvalue weighted by molar-refractivity contribution is 6.13. The summed E-state index contributed by atoms with van der Waals surface area (Å²) in [6.45, 7) is 0.303. The van der Waals surface area contributed by atoms with E-state index in [1.165, 1.54) is 21.5 Å². The maximum Gasteiger partial charge on any atom is 0.128 e. The summed E-state index contributed by atoms with van der Waals surface area (Å²) < 4.78 is 24.6. The molecule has 0 fully saturated rings. The molecule has 8 nitrogen and oxygen atoms in total. The Kier molecular flexibility index (Phi) is 16.9. The number of benzene rings is 14. The largest absolute Gasteiger partial charge is 0.491 e. The van der Waals surface area contributed by atoms with E-state index in [0.29, 0.717) is 23.0 Å². The van der Waals surface area contributed by atoms with Crippen LogP contribution >= 0.6 is 0 Å². The first-order valence-corrected chi connectivity index (χ1v) is 29.8. The fraction of sp³-hybridized carbons (Fsp3) is 0.100. The van der Waals surface area contributed by atoms with Crippen LogP contribution in [0.4, 0.5) is 0 Å². The molecule has 14 aromatic carbocycles. The predicted octanol–water partition coefficient (Wildman–Crippen LogP) is 17.8. The van der Waals surface area contributed by atoms with E-state index >= 15 is 0 Å². The Morgan fingerprint density at radius 2 is 0.420 bits per heavy atom. The molecule has 0 spiro atoms. The molecule has 88 heavy (non-hydrogen) atoms. The minimum Gasteiger partial charge on any atom is -0.491 e. The highest BCUT2D eigenvalue weighted by Gasteiger charge is 2.23. The number of hydrogen-bond donors (Lipinski definition) is 4. The Balaban J connectivity index is 0.000000165. The van der Waals surface area contributed by atoms with E-state index < -0.39 is 0 Å². The second kappa shape index (κ2) is 26.1. The second-order valence-electron chi connectivity index (χ2n) is 21.6. The first kappa shape index (κ1) is 56.8. The molecule has 0 aromatic heterocycles. The van der Waals surface area contributed by atoms with Gasteiger partial charge in [-0.2, -0.15) is 0 Å². The summed E-state index contributed by atoms with van der Waals surface area (Å²) >= 11 is 0. The van der Waals surface area contributed by atoms with Crippen LogP contribution in [0.1, 0.15) is 0 Å². The molecular weight excluding hydrogens is 1090 g/mol. The minimum absolute atomic E-state index is 0.0890. The molecule has 4 N–H and O–H groups in total. The molecule has 0 atom stereocenters. The van der Waals surface area contributed by atoms with Gasteiger partial charge in [-0.25, -0.2) is 0 Å². The number of fused-ring (bicyclic) bond motifs is 6. The lowest BCUT2D eigenvalue weighted by Gasteiger charge is -2.20. The van der Waals surface area contributed by atoms with Crippen LogP contribution in [0, 0.1) is 0 Å². The minimum atomic E-state index is -0.100. The van der Waals surface area contributed by atoms with Crippen LogP contribution in [-0.4, -0.2) is 73.3 Å². The number of hydrogen-bond acceptors (Lipinski definition) is 8. The van der Waals surface area contributed by atoms with E-state index in [-0.39, 0.29) is 52.9 Å². The van der Waals surface area contributed by atoms with E-state index in [2.05, 4.69) is 206 Å². The lowest BCUT2D eigenvalue weighted by Crippen LogP contribution is -2.05. The molecule has 0 bridgehead atoms. The Morgan fingerprint density at radius 3 is 0.705 bits per heavy atom. The van der Waals surface area contributed by atoms with Gasteiger partial charge in [-0.1, -0.05) is 206 Å². The maximum atomic E-state index is 9.71. The smallest absolute Gasteiger partial charge is 0.128 e.